The molecular formula is C17H24O7. The Labute approximate surface area is 140 Å². The molecule has 0 bridgehead atoms. The fraction of sp³-hybridized carbons (Fsp3) is 0.529. The SMILES string of the molecule is CCC(C)C(=O)OCc1ccc(C(O)(CO)COC(C)=O)c(O)c1. The summed E-state index contributed by atoms with van der Waals surface area (Å²) in [6.07, 6.45) is 0.669. The number of carbonyl (C=O) groups is 2. The van der Waals surface area contributed by atoms with Crippen LogP contribution in [0.1, 0.15) is 38.3 Å². The van der Waals surface area contributed by atoms with E-state index in [2.05, 4.69) is 0 Å². The molecule has 0 heterocycles. The number of carbonyl (C=O) groups excluding carboxylic acids is 2. The Morgan fingerprint density at radius 1 is 1.29 bits per heavy atom. The Hall–Kier alpha value is -2.12. The Kier molecular flexibility index (Phi) is 7.18. The van der Waals surface area contributed by atoms with Crippen LogP contribution in [0.2, 0.25) is 0 Å². The van der Waals surface area contributed by atoms with Gasteiger partial charge in [0.1, 0.15) is 24.6 Å². The maximum atomic E-state index is 11.6. The summed E-state index contributed by atoms with van der Waals surface area (Å²) in [6.45, 7) is 3.57. The number of benzene rings is 1. The topological polar surface area (TPSA) is 113 Å². The van der Waals surface area contributed by atoms with E-state index < -0.39 is 24.8 Å². The number of phenols is 1. The molecule has 24 heavy (non-hydrogen) atoms. The number of aliphatic hydroxyl groups excluding tert-OH is 1. The molecule has 0 saturated heterocycles. The molecule has 7 nitrogen and oxygen atoms in total. The number of hydrogen-bond acceptors (Lipinski definition) is 7. The molecule has 0 saturated carbocycles. The molecule has 0 spiro atoms. The zero-order valence-electron chi connectivity index (χ0n) is 14.1. The minimum atomic E-state index is -1.91. The summed E-state index contributed by atoms with van der Waals surface area (Å²) in [6, 6.07) is 4.27. The number of aliphatic hydroxyl groups is 2. The first-order chi connectivity index (χ1) is 11.2. The summed E-state index contributed by atoms with van der Waals surface area (Å²) in [7, 11) is 0. The van der Waals surface area contributed by atoms with Gasteiger partial charge in [-0.2, -0.15) is 0 Å². The van der Waals surface area contributed by atoms with Crippen LogP contribution in [0.25, 0.3) is 0 Å². The van der Waals surface area contributed by atoms with Gasteiger partial charge in [0.25, 0.3) is 0 Å². The lowest BCUT2D eigenvalue weighted by atomic mass is 9.93. The number of esters is 2. The monoisotopic (exact) mass is 340 g/mol. The normalized spacial score (nSPS) is 14.5. The molecule has 0 aromatic heterocycles. The molecule has 7 heteroatoms. The van der Waals surface area contributed by atoms with Gasteiger partial charge < -0.3 is 24.8 Å². The number of aromatic hydroxyl groups is 1. The standard InChI is InChI=1S/C17H24O7/c1-4-11(2)16(21)23-8-13-5-6-14(15(20)7-13)17(22,9-18)10-24-12(3)19/h5-7,11,18,20,22H,4,8-10H2,1-3H3. The van der Waals surface area contributed by atoms with Crippen LogP contribution in [0.15, 0.2) is 18.2 Å². The van der Waals surface area contributed by atoms with E-state index in [4.69, 9.17) is 9.47 Å². The first-order valence-electron chi connectivity index (χ1n) is 7.69. The highest BCUT2D eigenvalue weighted by Gasteiger charge is 2.33. The van der Waals surface area contributed by atoms with Gasteiger partial charge in [0, 0.05) is 12.5 Å². The van der Waals surface area contributed by atoms with Gasteiger partial charge in [0.05, 0.1) is 12.5 Å². The fourth-order valence-corrected chi connectivity index (χ4v) is 1.95. The van der Waals surface area contributed by atoms with Crippen LogP contribution in [0.3, 0.4) is 0 Å². The number of hydrogen-bond donors (Lipinski definition) is 3. The van der Waals surface area contributed by atoms with E-state index in [-0.39, 0.29) is 29.8 Å². The highest BCUT2D eigenvalue weighted by molar-refractivity contribution is 5.71. The summed E-state index contributed by atoms with van der Waals surface area (Å²) in [5.74, 6) is -1.45. The molecule has 3 N–H and O–H groups in total. The van der Waals surface area contributed by atoms with E-state index in [1.165, 1.54) is 19.1 Å². The van der Waals surface area contributed by atoms with Gasteiger partial charge in [-0.3, -0.25) is 9.59 Å². The van der Waals surface area contributed by atoms with Crippen LogP contribution in [0.5, 0.6) is 5.75 Å². The highest BCUT2D eigenvalue weighted by Crippen LogP contribution is 2.30. The second kappa shape index (κ2) is 8.65. The number of ether oxygens (including phenoxy) is 2. The average molecular weight is 340 g/mol. The summed E-state index contributed by atoms with van der Waals surface area (Å²) in [5.41, 5.74) is -1.37. The van der Waals surface area contributed by atoms with Gasteiger partial charge in [-0.1, -0.05) is 26.0 Å². The smallest absolute Gasteiger partial charge is 0.308 e. The zero-order valence-corrected chi connectivity index (χ0v) is 14.1. The van der Waals surface area contributed by atoms with Crippen molar-refractivity contribution >= 4 is 11.9 Å². The molecule has 2 unspecified atom stereocenters. The van der Waals surface area contributed by atoms with Crippen LogP contribution in [-0.4, -0.2) is 40.5 Å². The molecule has 0 aliphatic carbocycles. The van der Waals surface area contributed by atoms with Crippen molar-refractivity contribution in [1.82, 2.24) is 0 Å². The zero-order chi connectivity index (χ0) is 18.3. The molecule has 0 aliphatic heterocycles. The molecule has 1 rings (SSSR count). The first-order valence-corrected chi connectivity index (χ1v) is 7.69. The predicted molar refractivity (Wildman–Crippen MR) is 85.0 cm³/mol. The fourth-order valence-electron chi connectivity index (χ4n) is 1.95. The van der Waals surface area contributed by atoms with Crippen molar-refractivity contribution in [3.05, 3.63) is 29.3 Å². The third kappa shape index (κ3) is 5.21. The van der Waals surface area contributed by atoms with Gasteiger partial charge in [-0.05, 0) is 18.1 Å². The lowest BCUT2D eigenvalue weighted by molar-refractivity contribution is -0.152. The molecule has 1 aromatic carbocycles. The molecule has 134 valence electrons. The van der Waals surface area contributed by atoms with Crippen LogP contribution in [0.4, 0.5) is 0 Å². The predicted octanol–water partition coefficient (Wildman–Crippen LogP) is 1.22. The largest absolute Gasteiger partial charge is 0.508 e. The van der Waals surface area contributed by atoms with Gasteiger partial charge in [-0.15, -0.1) is 0 Å². The van der Waals surface area contributed by atoms with E-state index in [0.29, 0.717) is 12.0 Å². The Morgan fingerprint density at radius 2 is 1.96 bits per heavy atom. The average Bonchev–Trinajstić information content (AvgIpc) is 2.56. The van der Waals surface area contributed by atoms with Crippen molar-refractivity contribution in [1.29, 1.82) is 0 Å². The molecule has 0 aliphatic rings. The van der Waals surface area contributed by atoms with Gasteiger partial charge in [-0.25, -0.2) is 0 Å². The third-order valence-corrected chi connectivity index (χ3v) is 3.74. The van der Waals surface area contributed by atoms with Crippen molar-refractivity contribution in [2.24, 2.45) is 5.92 Å². The summed E-state index contributed by atoms with van der Waals surface area (Å²) in [4.78, 5) is 22.5. The van der Waals surface area contributed by atoms with Crippen LogP contribution < -0.4 is 0 Å². The summed E-state index contributed by atoms with van der Waals surface area (Å²) in [5, 5.41) is 29.8. The second-order valence-corrected chi connectivity index (χ2v) is 5.74. The second-order valence-electron chi connectivity index (χ2n) is 5.74. The van der Waals surface area contributed by atoms with Gasteiger partial charge in [0.2, 0.25) is 0 Å². The summed E-state index contributed by atoms with van der Waals surface area (Å²) >= 11 is 0. The number of phenolic OH excluding ortho intramolecular Hbond substituents is 1. The van der Waals surface area contributed by atoms with Crippen LogP contribution >= 0.6 is 0 Å². The van der Waals surface area contributed by atoms with E-state index in [1.807, 2.05) is 6.92 Å². The van der Waals surface area contributed by atoms with E-state index in [1.54, 1.807) is 13.0 Å². The Bertz CT molecular complexity index is 584. The third-order valence-electron chi connectivity index (χ3n) is 3.74. The lowest BCUT2D eigenvalue weighted by Gasteiger charge is -2.26. The molecule has 0 radical (unpaired) electrons. The molecule has 2 atom stereocenters. The first kappa shape index (κ1) is 19.9. The van der Waals surface area contributed by atoms with Crippen molar-refractivity contribution in [3.63, 3.8) is 0 Å². The van der Waals surface area contributed by atoms with Crippen molar-refractivity contribution < 1.29 is 34.4 Å². The maximum absolute atomic E-state index is 11.6. The summed E-state index contributed by atoms with van der Waals surface area (Å²) < 4.78 is 9.86. The van der Waals surface area contributed by atoms with E-state index in [9.17, 15) is 24.9 Å². The van der Waals surface area contributed by atoms with E-state index in [0.717, 1.165) is 0 Å². The van der Waals surface area contributed by atoms with Crippen molar-refractivity contribution in [2.45, 2.75) is 39.4 Å². The quantitative estimate of drug-likeness (QED) is 0.610. The van der Waals surface area contributed by atoms with Crippen LogP contribution in [-0.2, 0) is 31.3 Å². The van der Waals surface area contributed by atoms with Crippen molar-refractivity contribution in [2.75, 3.05) is 13.2 Å². The Balaban J connectivity index is 2.86. The van der Waals surface area contributed by atoms with Gasteiger partial charge >= 0.3 is 11.9 Å². The Morgan fingerprint density at radius 3 is 2.46 bits per heavy atom. The lowest BCUT2D eigenvalue weighted by Crippen LogP contribution is -2.36. The maximum Gasteiger partial charge on any atom is 0.308 e. The minimum absolute atomic E-state index is 0.0154. The molecule has 0 fully saturated rings. The number of rotatable bonds is 8. The molecular weight excluding hydrogens is 316 g/mol. The van der Waals surface area contributed by atoms with Gasteiger partial charge in [0.15, 0.2) is 0 Å². The van der Waals surface area contributed by atoms with E-state index >= 15 is 0 Å². The molecule has 1 aromatic rings. The minimum Gasteiger partial charge on any atom is -0.508 e. The van der Waals surface area contributed by atoms with Crippen molar-refractivity contribution in [3.8, 4) is 5.75 Å². The highest BCUT2D eigenvalue weighted by atomic mass is 16.5. The van der Waals surface area contributed by atoms with Crippen LogP contribution in [0, 0.1) is 5.92 Å². The molecule has 0 amide bonds.